The molecule has 4 rings (SSSR count). The van der Waals surface area contributed by atoms with Crippen LogP contribution in [0.4, 0.5) is 0 Å². The van der Waals surface area contributed by atoms with Crippen molar-refractivity contribution < 1.29 is 9.59 Å². The molecule has 0 bridgehead atoms. The lowest BCUT2D eigenvalue weighted by atomic mass is 9.48. The fraction of sp³-hybridized carbons (Fsp3) is 0.636. The molecule has 4 aliphatic rings. The molecule has 1 amide bonds. The molecule has 4 heteroatoms. The van der Waals surface area contributed by atoms with E-state index in [1.165, 1.54) is 30.4 Å². The molecule has 3 fully saturated rings. The lowest BCUT2D eigenvalue weighted by Gasteiger charge is -2.56. The molecular weight excluding hydrogens is 390 g/mol. The Morgan fingerprint density at radius 3 is 2.69 bits per heavy atom. The van der Waals surface area contributed by atoms with Crippen molar-refractivity contribution in [2.24, 2.45) is 28.6 Å². The van der Waals surface area contributed by atoms with E-state index in [-0.39, 0.29) is 22.5 Å². The second-order valence-electron chi connectivity index (χ2n) is 9.13. The number of amides is 1. The highest BCUT2D eigenvalue weighted by molar-refractivity contribution is 9.08. The van der Waals surface area contributed by atoms with Crippen LogP contribution in [0, 0.1) is 28.6 Å². The zero-order chi connectivity index (χ0) is 18.7. The molecule has 0 unspecified atom stereocenters. The summed E-state index contributed by atoms with van der Waals surface area (Å²) in [6.07, 6.45) is 12.7. The predicted octanol–water partition coefficient (Wildman–Crippen LogP) is 5.04. The van der Waals surface area contributed by atoms with Crippen LogP contribution in [0.15, 0.2) is 34.9 Å². The number of ketones is 1. The fourth-order valence-corrected chi connectivity index (χ4v) is 7.13. The number of hydrogen-bond donors (Lipinski definition) is 1. The van der Waals surface area contributed by atoms with E-state index in [9.17, 15) is 9.59 Å². The molecule has 0 aliphatic heterocycles. The first kappa shape index (κ1) is 18.2. The fourth-order valence-electron chi connectivity index (χ4n) is 6.83. The summed E-state index contributed by atoms with van der Waals surface area (Å²) in [7, 11) is 0. The van der Waals surface area contributed by atoms with Gasteiger partial charge in [0.15, 0.2) is 5.78 Å². The van der Waals surface area contributed by atoms with Crippen LogP contribution in [-0.4, -0.2) is 11.7 Å². The Hall–Kier alpha value is -1.16. The summed E-state index contributed by atoms with van der Waals surface area (Å²) in [6.45, 7) is 6.72. The number of allylic oxidation sites excluding steroid dienone is 5. The third-order valence-corrected chi connectivity index (χ3v) is 8.58. The third-order valence-electron chi connectivity index (χ3n) is 8.22. The monoisotopic (exact) mass is 417 g/mol. The van der Waals surface area contributed by atoms with Gasteiger partial charge in [-0.05, 0) is 80.8 Å². The highest BCUT2D eigenvalue weighted by Gasteiger charge is 2.57. The topological polar surface area (TPSA) is 46.2 Å². The molecule has 140 valence electrons. The highest BCUT2D eigenvalue weighted by atomic mass is 79.9. The first-order chi connectivity index (χ1) is 12.3. The third kappa shape index (κ3) is 2.44. The van der Waals surface area contributed by atoms with E-state index in [1.807, 2.05) is 13.0 Å². The summed E-state index contributed by atoms with van der Waals surface area (Å²) in [6, 6.07) is 0. The van der Waals surface area contributed by atoms with E-state index in [1.54, 1.807) is 6.08 Å². The van der Waals surface area contributed by atoms with Gasteiger partial charge in [-0.2, -0.15) is 0 Å². The van der Waals surface area contributed by atoms with E-state index in [2.05, 4.69) is 40.4 Å². The summed E-state index contributed by atoms with van der Waals surface area (Å²) >= 11 is 3.10. The number of fused-ring (bicyclic) bond motifs is 5. The lowest BCUT2D eigenvalue weighted by molar-refractivity contribution is -0.115. The molecule has 3 nitrogen and oxygen atoms in total. The summed E-state index contributed by atoms with van der Waals surface area (Å²) in [5, 5.41) is 0. The standard InChI is InChI=1S/C22H28BrNO2/c1-13(20(26)24-23)17-6-7-18-16-5-4-14-12-15(25)8-10-21(14,2)19(16)9-11-22(17,18)3/h8,10,12,16,18-19H,4-7,9,11H2,1-3H3,(H,24,26)/b17-13-/t16-,18-,19-,21-,22+/m0/s1. The van der Waals surface area contributed by atoms with Crippen molar-refractivity contribution in [1.82, 2.24) is 4.34 Å². The second-order valence-corrected chi connectivity index (χ2v) is 9.52. The minimum absolute atomic E-state index is 0.00134. The molecule has 0 heterocycles. The summed E-state index contributed by atoms with van der Waals surface area (Å²) in [4.78, 5) is 24.1. The van der Waals surface area contributed by atoms with Crippen molar-refractivity contribution >= 4 is 27.8 Å². The molecule has 3 saturated carbocycles. The van der Waals surface area contributed by atoms with Gasteiger partial charge in [-0.3, -0.25) is 13.9 Å². The van der Waals surface area contributed by atoms with Crippen molar-refractivity contribution in [1.29, 1.82) is 0 Å². The number of nitrogens with one attached hydrogen (secondary N) is 1. The van der Waals surface area contributed by atoms with Gasteiger partial charge in [0.1, 0.15) is 0 Å². The average Bonchev–Trinajstić information content (AvgIpc) is 2.98. The van der Waals surface area contributed by atoms with Gasteiger partial charge in [0.2, 0.25) is 0 Å². The molecule has 4 aliphatic carbocycles. The number of halogens is 1. The molecule has 1 N–H and O–H groups in total. The summed E-state index contributed by atoms with van der Waals surface area (Å²) < 4.78 is 2.63. The maximum Gasteiger partial charge on any atom is 0.256 e. The molecule has 0 aromatic heterocycles. The molecule has 0 aromatic rings. The normalized spacial score (nSPS) is 43.2. The van der Waals surface area contributed by atoms with E-state index in [4.69, 9.17) is 0 Å². The van der Waals surface area contributed by atoms with E-state index in [0.717, 1.165) is 24.8 Å². The molecule has 0 aromatic carbocycles. The first-order valence-corrected chi connectivity index (χ1v) is 10.7. The van der Waals surface area contributed by atoms with Crippen molar-refractivity contribution in [2.75, 3.05) is 0 Å². The van der Waals surface area contributed by atoms with Crippen LogP contribution in [0.25, 0.3) is 0 Å². The zero-order valence-corrected chi connectivity index (χ0v) is 17.5. The summed E-state index contributed by atoms with van der Waals surface area (Å²) in [5.74, 6) is 2.11. The molecular formula is C22H28BrNO2. The minimum Gasteiger partial charge on any atom is -0.290 e. The van der Waals surface area contributed by atoms with E-state index in [0.29, 0.717) is 17.8 Å². The van der Waals surface area contributed by atoms with Crippen LogP contribution in [0.5, 0.6) is 0 Å². The lowest BCUT2D eigenvalue weighted by Crippen LogP contribution is -2.48. The SMILES string of the molecule is C/C(C(=O)NBr)=C1\CC[C@H]2[C@@H]3CCC4=CC(=O)C=C[C@]4(C)[C@H]3CC[C@]12C. The zero-order valence-electron chi connectivity index (χ0n) is 15.9. The van der Waals surface area contributed by atoms with Crippen molar-refractivity contribution in [3.8, 4) is 0 Å². The molecule has 0 spiro atoms. The number of carbonyl (C=O) groups excluding carboxylic acids is 2. The molecule has 0 radical (unpaired) electrons. The van der Waals surface area contributed by atoms with Gasteiger partial charge in [0.25, 0.3) is 5.91 Å². The van der Waals surface area contributed by atoms with Crippen LogP contribution in [0.2, 0.25) is 0 Å². The van der Waals surface area contributed by atoms with Crippen LogP contribution in [0.3, 0.4) is 0 Å². The van der Waals surface area contributed by atoms with Gasteiger partial charge in [0.05, 0.1) is 0 Å². The Kier molecular flexibility index (Phi) is 4.33. The maximum absolute atomic E-state index is 12.2. The van der Waals surface area contributed by atoms with Crippen molar-refractivity contribution in [2.45, 2.75) is 59.3 Å². The van der Waals surface area contributed by atoms with Crippen molar-refractivity contribution in [3.05, 3.63) is 34.9 Å². The molecule has 26 heavy (non-hydrogen) atoms. The quantitative estimate of drug-likeness (QED) is 0.479. The Morgan fingerprint density at radius 1 is 1.19 bits per heavy atom. The van der Waals surface area contributed by atoms with E-state index < -0.39 is 0 Å². The van der Waals surface area contributed by atoms with Crippen LogP contribution in [0.1, 0.15) is 59.3 Å². The maximum atomic E-state index is 12.2. The average molecular weight is 418 g/mol. The summed E-state index contributed by atoms with van der Waals surface area (Å²) in [5.41, 5.74) is 3.82. The first-order valence-electron chi connectivity index (χ1n) is 9.86. The Morgan fingerprint density at radius 2 is 1.96 bits per heavy atom. The van der Waals surface area contributed by atoms with Gasteiger partial charge < -0.3 is 0 Å². The van der Waals surface area contributed by atoms with Crippen molar-refractivity contribution in [3.63, 3.8) is 0 Å². The van der Waals surface area contributed by atoms with Crippen LogP contribution in [-0.2, 0) is 9.59 Å². The predicted molar refractivity (Wildman–Crippen MR) is 106 cm³/mol. The minimum atomic E-state index is -0.00134. The van der Waals surface area contributed by atoms with Crippen LogP contribution < -0.4 is 4.34 Å². The number of hydrogen-bond acceptors (Lipinski definition) is 2. The smallest absolute Gasteiger partial charge is 0.256 e. The van der Waals surface area contributed by atoms with E-state index >= 15 is 0 Å². The van der Waals surface area contributed by atoms with Gasteiger partial charge in [-0.1, -0.05) is 31.1 Å². The van der Waals surface area contributed by atoms with Gasteiger partial charge in [-0.15, -0.1) is 0 Å². The Balaban J connectivity index is 1.69. The van der Waals surface area contributed by atoms with Gasteiger partial charge in [0, 0.05) is 27.1 Å². The second kappa shape index (κ2) is 6.19. The highest BCUT2D eigenvalue weighted by Crippen LogP contribution is 2.66. The number of rotatable bonds is 1. The number of carbonyl (C=O) groups is 2. The largest absolute Gasteiger partial charge is 0.290 e. The Labute approximate surface area is 164 Å². The van der Waals surface area contributed by atoms with Gasteiger partial charge in [-0.25, -0.2) is 0 Å². The molecule has 5 atom stereocenters. The molecule has 0 saturated heterocycles. The van der Waals surface area contributed by atoms with Gasteiger partial charge >= 0.3 is 0 Å². The Bertz CT molecular complexity index is 764. The van der Waals surface area contributed by atoms with Crippen LogP contribution >= 0.6 is 16.1 Å².